The number of hydrogen-bond donors (Lipinski definition) is 1. The predicted molar refractivity (Wildman–Crippen MR) is 112 cm³/mol. The van der Waals surface area contributed by atoms with Crippen molar-refractivity contribution in [2.75, 3.05) is 21.3 Å². The first-order valence-electron chi connectivity index (χ1n) is 8.83. The lowest BCUT2D eigenvalue weighted by atomic mass is 10.1. The zero-order valence-electron chi connectivity index (χ0n) is 16.3. The standard InChI is InChI=1S/C22H23NO4S/c1-14(16-10-11-17(25-2)18(12-16)26-3)23-22(24)21-19(27-4)13-20(28-21)15-8-6-5-7-9-15/h5-14H,1-4H3,(H,23,24). The van der Waals surface area contributed by atoms with Crippen LogP contribution in [0.1, 0.15) is 28.2 Å². The summed E-state index contributed by atoms with van der Waals surface area (Å²) in [5.41, 5.74) is 1.97. The van der Waals surface area contributed by atoms with E-state index in [1.165, 1.54) is 11.3 Å². The third-order valence-corrected chi connectivity index (χ3v) is 5.60. The number of methoxy groups -OCH3 is 3. The molecule has 1 unspecified atom stereocenters. The lowest BCUT2D eigenvalue weighted by molar-refractivity contribution is 0.0941. The van der Waals surface area contributed by atoms with Crippen molar-refractivity contribution in [1.82, 2.24) is 5.32 Å². The van der Waals surface area contributed by atoms with E-state index < -0.39 is 0 Å². The van der Waals surface area contributed by atoms with Gasteiger partial charge in [0.2, 0.25) is 0 Å². The summed E-state index contributed by atoms with van der Waals surface area (Å²) in [4.78, 5) is 14.4. The fourth-order valence-electron chi connectivity index (χ4n) is 2.90. The van der Waals surface area contributed by atoms with E-state index in [2.05, 4.69) is 5.32 Å². The molecule has 146 valence electrons. The first-order chi connectivity index (χ1) is 13.6. The Hall–Kier alpha value is -2.99. The monoisotopic (exact) mass is 397 g/mol. The van der Waals surface area contributed by atoms with Gasteiger partial charge < -0.3 is 19.5 Å². The van der Waals surface area contributed by atoms with Crippen molar-refractivity contribution < 1.29 is 19.0 Å². The van der Waals surface area contributed by atoms with Gasteiger partial charge in [-0.15, -0.1) is 11.3 Å². The largest absolute Gasteiger partial charge is 0.495 e. The lowest BCUT2D eigenvalue weighted by Gasteiger charge is -2.16. The summed E-state index contributed by atoms with van der Waals surface area (Å²) in [7, 11) is 4.76. The number of hydrogen-bond acceptors (Lipinski definition) is 5. The summed E-state index contributed by atoms with van der Waals surface area (Å²) >= 11 is 1.41. The molecule has 1 amide bonds. The van der Waals surface area contributed by atoms with Crippen LogP contribution in [-0.2, 0) is 0 Å². The van der Waals surface area contributed by atoms with E-state index in [-0.39, 0.29) is 11.9 Å². The predicted octanol–water partition coefficient (Wildman–Crippen LogP) is 4.93. The number of amides is 1. The zero-order valence-corrected chi connectivity index (χ0v) is 17.1. The highest BCUT2D eigenvalue weighted by atomic mass is 32.1. The topological polar surface area (TPSA) is 56.8 Å². The van der Waals surface area contributed by atoms with Crippen LogP contribution in [-0.4, -0.2) is 27.2 Å². The molecule has 1 atom stereocenters. The van der Waals surface area contributed by atoms with Crippen molar-refractivity contribution in [3.8, 4) is 27.7 Å². The first-order valence-corrected chi connectivity index (χ1v) is 9.65. The van der Waals surface area contributed by atoms with Crippen LogP contribution < -0.4 is 19.5 Å². The highest BCUT2D eigenvalue weighted by molar-refractivity contribution is 7.17. The molecule has 0 aliphatic carbocycles. The van der Waals surface area contributed by atoms with Gasteiger partial charge in [0.15, 0.2) is 11.5 Å². The summed E-state index contributed by atoms with van der Waals surface area (Å²) in [6.07, 6.45) is 0. The Labute approximate surface area is 168 Å². The van der Waals surface area contributed by atoms with Crippen molar-refractivity contribution in [1.29, 1.82) is 0 Å². The number of benzene rings is 2. The molecule has 0 aliphatic heterocycles. The van der Waals surface area contributed by atoms with Crippen LogP contribution in [0.2, 0.25) is 0 Å². The van der Waals surface area contributed by atoms with Gasteiger partial charge in [0.1, 0.15) is 10.6 Å². The van der Waals surface area contributed by atoms with Crippen molar-refractivity contribution in [2.24, 2.45) is 0 Å². The van der Waals surface area contributed by atoms with Gasteiger partial charge in [0.25, 0.3) is 5.91 Å². The van der Waals surface area contributed by atoms with Crippen LogP contribution in [0.25, 0.3) is 10.4 Å². The lowest BCUT2D eigenvalue weighted by Crippen LogP contribution is -2.26. The number of rotatable bonds is 7. The van der Waals surface area contributed by atoms with E-state index in [1.54, 1.807) is 21.3 Å². The minimum atomic E-state index is -0.209. The quantitative estimate of drug-likeness (QED) is 0.614. The molecule has 0 saturated heterocycles. The second-order valence-electron chi connectivity index (χ2n) is 6.18. The van der Waals surface area contributed by atoms with Gasteiger partial charge in [-0.25, -0.2) is 0 Å². The fraction of sp³-hybridized carbons (Fsp3) is 0.227. The maximum atomic E-state index is 12.9. The zero-order chi connectivity index (χ0) is 20.1. The molecule has 1 N–H and O–H groups in total. The van der Waals surface area contributed by atoms with Gasteiger partial charge in [-0.2, -0.15) is 0 Å². The molecule has 0 bridgehead atoms. The van der Waals surface area contributed by atoms with E-state index in [9.17, 15) is 4.79 Å². The molecule has 0 fully saturated rings. The molecule has 6 heteroatoms. The summed E-state index contributed by atoms with van der Waals surface area (Å²) in [6, 6.07) is 17.2. The average molecular weight is 397 g/mol. The summed E-state index contributed by atoms with van der Waals surface area (Å²) in [6.45, 7) is 1.93. The van der Waals surface area contributed by atoms with E-state index in [1.807, 2.05) is 61.5 Å². The van der Waals surface area contributed by atoms with Gasteiger partial charge >= 0.3 is 0 Å². The molecular weight excluding hydrogens is 374 g/mol. The van der Waals surface area contributed by atoms with Crippen LogP contribution in [0.3, 0.4) is 0 Å². The van der Waals surface area contributed by atoms with Crippen molar-refractivity contribution in [3.63, 3.8) is 0 Å². The number of carbonyl (C=O) groups is 1. The Morgan fingerprint density at radius 3 is 2.21 bits per heavy atom. The van der Waals surface area contributed by atoms with Crippen LogP contribution >= 0.6 is 11.3 Å². The Balaban J connectivity index is 1.82. The number of ether oxygens (including phenoxy) is 3. The number of thiophene rings is 1. The van der Waals surface area contributed by atoms with Crippen LogP contribution in [0.4, 0.5) is 0 Å². The van der Waals surface area contributed by atoms with Gasteiger partial charge in [-0.05, 0) is 36.2 Å². The smallest absolute Gasteiger partial charge is 0.265 e. The molecule has 0 saturated carbocycles. The van der Waals surface area contributed by atoms with Gasteiger partial charge in [0, 0.05) is 4.88 Å². The molecule has 0 aliphatic rings. The molecule has 1 aromatic heterocycles. The van der Waals surface area contributed by atoms with Crippen LogP contribution in [0.15, 0.2) is 54.6 Å². The van der Waals surface area contributed by atoms with Gasteiger partial charge in [-0.3, -0.25) is 4.79 Å². The Morgan fingerprint density at radius 2 is 1.57 bits per heavy atom. The van der Waals surface area contributed by atoms with E-state index >= 15 is 0 Å². The Kier molecular flexibility index (Phi) is 6.21. The summed E-state index contributed by atoms with van der Waals surface area (Å²) < 4.78 is 16.1. The first kappa shape index (κ1) is 19.8. The van der Waals surface area contributed by atoms with Gasteiger partial charge in [0.05, 0.1) is 27.4 Å². The highest BCUT2D eigenvalue weighted by Gasteiger charge is 2.20. The minimum absolute atomic E-state index is 0.175. The molecular formula is C22H23NO4S. The van der Waals surface area contributed by atoms with E-state index in [0.717, 1.165) is 16.0 Å². The molecule has 5 nitrogen and oxygen atoms in total. The molecule has 1 heterocycles. The third-order valence-electron chi connectivity index (χ3n) is 4.44. The van der Waals surface area contributed by atoms with E-state index in [0.29, 0.717) is 22.1 Å². The molecule has 0 spiro atoms. The number of carbonyl (C=O) groups excluding carboxylic acids is 1. The summed E-state index contributed by atoms with van der Waals surface area (Å²) in [5, 5.41) is 3.04. The Morgan fingerprint density at radius 1 is 0.893 bits per heavy atom. The van der Waals surface area contributed by atoms with Crippen LogP contribution in [0, 0.1) is 0 Å². The highest BCUT2D eigenvalue weighted by Crippen LogP contribution is 2.36. The minimum Gasteiger partial charge on any atom is -0.495 e. The normalized spacial score (nSPS) is 11.6. The maximum Gasteiger partial charge on any atom is 0.265 e. The van der Waals surface area contributed by atoms with Crippen molar-refractivity contribution >= 4 is 17.2 Å². The number of nitrogens with one attached hydrogen (secondary N) is 1. The SMILES string of the molecule is COc1ccc(C(C)NC(=O)c2sc(-c3ccccc3)cc2OC)cc1OC. The summed E-state index contributed by atoms with van der Waals surface area (Å²) in [5.74, 6) is 1.67. The van der Waals surface area contributed by atoms with Crippen molar-refractivity contribution in [2.45, 2.75) is 13.0 Å². The second-order valence-corrected chi connectivity index (χ2v) is 7.24. The third kappa shape index (κ3) is 4.12. The maximum absolute atomic E-state index is 12.9. The fourth-order valence-corrected chi connectivity index (χ4v) is 3.93. The van der Waals surface area contributed by atoms with Crippen molar-refractivity contribution in [3.05, 3.63) is 65.0 Å². The molecule has 2 aromatic carbocycles. The average Bonchev–Trinajstić information content (AvgIpc) is 3.18. The molecule has 3 rings (SSSR count). The molecule has 28 heavy (non-hydrogen) atoms. The molecule has 0 radical (unpaired) electrons. The van der Waals surface area contributed by atoms with E-state index in [4.69, 9.17) is 14.2 Å². The Bertz CT molecular complexity index is 952. The van der Waals surface area contributed by atoms with Gasteiger partial charge in [-0.1, -0.05) is 36.4 Å². The molecule has 3 aromatic rings. The van der Waals surface area contributed by atoms with Crippen LogP contribution in [0.5, 0.6) is 17.2 Å². The second kappa shape index (κ2) is 8.80.